The molecule has 1 rings (SSSR count). The number of aryl methyl sites for hydroxylation is 1. The first kappa shape index (κ1) is 22.9. The highest BCUT2D eigenvalue weighted by Gasteiger charge is 2.24. The molecule has 0 aliphatic heterocycles. The summed E-state index contributed by atoms with van der Waals surface area (Å²) >= 11 is 0. The molecule has 0 aliphatic rings. The van der Waals surface area contributed by atoms with Gasteiger partial charge in [0.2, 0.25) is 0 Å². The van der Waals surface area contributed by atoms with Crippen molar-refractivity contribution in [2.45, 2.75) is 53.9 Å². The van der Waals surface area contributed by atoms with Crippen molar-refractivity contribution in [3.63, 3.8) is 0 Å². The van der Waals surface area contributed by atoms with Crippen LogP contribution in [-0.2, 0) is 0 Å². The van der Waals surface area contributed by atoms with Gasteiger partial charge in [0.25, 0.3) is 0 Å². The Morgan fingerprint density at radius 2 is 1.85 bits per heavy atom. The summed E-state index contributed by atoms with van der Waals surface area (Å²) in [5, 5.41) is 0. The van der Waals surface area contributed by atoms with Gasteiger partial charge in [-0.15, -0.1) is 0 Å². The maximum Gasteiger partial charge on any atom is 0.126 e. The predicted molar refractivity (Wildman–Crippen MR) is 120 cm³/mol. The molecule has 0 heterocycles. The number of allylic oxidation sites excluding steroid dienone is 7. The molecule has 0 aromatic heterocycles. The second-order valence-corrected chi connectivity index (χ2v) is 7.57. The topological polar surface area (TPSA) is 0 Å². The van der Waals surface area contributed by atoms with Crippen LogP contribution in [0.15, 0.2) is 72.6 Å². The van der Waals surface area contributed by atoms with Gasteiger partial charge in [0, 0.05) is 0 Å². The molecule has 0 bridgehead atoms. The van der Waals surface area contributed by atoms with E-state index in [9.17, 15) is 4.39 Å². The van der Waals surface area contributed by atoms with Gasteiger partial charge in [0.1, 0.15) is 5.83 Å². The lowest BCUT2D eigenvalue weighted by atomic mass is 9.74. The molecular weight excluding hydrogens is 331 g/mol. The Morgan fingerprint density at radius 1 is 1.19 bits per heavy atom. The fourth-order valence-electron chi connectivity index (χ4n) is 3.58. The number of hydrogen-bond acceptors (Lipinski definition) is 0. The average Bonchev–Trinajstić information content (AvgIpc) is 2.65. The monoisotopic (exact) mass is 366 g/mol. The van der Waals surface area contributed by atoms with Crippen LogP contribution in [0.1, 0.15) is 63.6 Å². The maximum atomic E-state index is 14.2. The molecule has 0 fully saturated rings. The van der Waals surface area contributed by atoms with Gasteiger partial charge in [0.05, 0.1) is 0 Å². The number of hydrogen-bond donors (Lipinski definition) is 0. The highest BCUT2D eigenvalue weighted by Crippen LogP contribution is 2.37. The fraction of sp³-hybridized carbons (Fsp3) is 0.385. The molecule has 0 radical (unpaired) electrons. The molecule has 27 heavy (non-hydrogen) atoms. The summed E-state index contributed by atoms with van der Waals surface area (Å²) in [5.74, 6) is 1.21. The van der Waals surface area contributed by atoms with Crippen molar-refractivity contribution >= 4 is 6.08 Å². The zero-order valence-electron chi connectivity index (χ0n) is 17.9. The molecule has 0 amide bonds. The lowest BCUT2D eigenvalue weighted by Crippen LogP contribution is -2.19. The molecule has 0 saturated heterocycles. The smallest absolute Gasteiger partial charge is 0.126 e. The van der Waals surface area contributed by atoms with E-state index >= 15 is 0 Å². The molecule has 0 nitrogen and oxygen atoms in total. The SMILES string of the molecule is C=C\C=C/C(C)=C(F)\C=C\c1ccc(C)c(C(C)C(CC)C(C)C(=C)C)c1. The van der Waals surface area contributed by atoms with Crippen molar-refractivity contribution in [1.29, 1.82) is 0 Å². The third kappa shape index (κ3) is 6.50. The van der Waals surface area contributed by atoms with Crippen LogP contribution in [-0.4, -0.2) is 0 Å². The summed E-state index contributed by atoms with van der Waals surface area (Å²) in [6.07, 6.45) is 9.60. The molecule has 3 atom stereocenters. The van der Waals surface area contributed by atoms with E-state index in [-0.39, 0.29) is 5.83 Å². The molecule has 0 spiro atoms. The summed E-state index contributed by atoms with van der Waals surface area (Å²) in [4.78, 5) is 0. The van der Waals surface area contributed by atoms with Crippen molar-refractivity contribution < 1.29 is 4.39 Å². The first-order valence-corrected chi connectivity index (χ1v) is 9.82. The van der Waals surface area contributed by atoms with Crippen molar-refractivity contribution in [2.75, 3.05) is 0 Å². The summed E-state index contributed by atoms with van der Waals surface area (Å²) < 4.78 is 14.2. The van der Waals surface area contributed by atoms with E-state index in [0.717, 1.165) is 12.0 Å². The average molecular weight is 367 g/mol. The van der Waals surface area contributed by atoms with Crippen LogP contribution in [0.3, 0.4) is 0 Å². The highest BCUT2D eigenvalue weighted by atomic mass is 19.1. The van der Waals surface area contributed by atoms with E-state index in [4.69, 9.17) is 0 Å². The van der Waals surface area contributed by atoms with E-state index in [1.165, 1.54) is 22.8 Å². The summed E-state index contributed by atoms with van der Waals surface area (Å²) in [6.45, 7) is 20.6. The highest BCUT2D eigenvalue weighted by molar-refractivity contribution is 5.55. The van der Waals surface area contributed by atoms with Crippen molar-refractivity contribution in [3.8, 4) is 0 Å². The molecule has 1 heteroatoms. The van der Waals surface area contributed by atoms with E-state index < -0.39 is 0 Å². The molecular formula is C26H35F. The van der Waals surface area contributed by atoms with E-state index in [2.05, 4.69) is 59.9 Å². The Labute approximate surface area is 165 Å². The summed E-state index contributed by atoms with van der Waals surface area (Å²) in [7, 11) is 0. The van der Waals surface area contributed by atoms with Gasteiger partial charge in [-0.3, -0.25) is 0 Å². The summed E-state index contributed by atoms with van der Waals surface area (Å²) in [6, 6.07) is 6.38. The first-order chi connectivity index (χ1) is 12.7. The van der Waals surface area contributed by atoms with E-state index in [1.54, 1.807) is 25.2 Å². The second-order valence-electron chi connectivity index (χ2n) is 7.57. The van der Waals surface area contributed by atoms with Gasteiger partial charge in [-0.2, -0.15) is 0 Å². The molecule has 3 unspecified atom stereocenters. The van der Waals surface area contributed by atoms with Gasteiger partial charge < -0.3 is 0 Å². The van der Waals surface area contributed by atoms with Gasteiger partial charge in [-0.25, -0.2) is 4.39 Å². The number of benzene rings is 1. The van der Waals surface area contributed by atoms with Crippen LogP contribution >= 0.6 is 0 Å². The van der Waals surface area contributed by atoms with E-state index in [0.29, 0.717) is 23.3 Å². The Hall–Kier alpha value is -2.15. The lowest BCUT2D eigenvalue weighted by Gasteiger charge is -2.30. The quantitative estimate of drug-likeness (QED) is 0.304. The van der Waals surface area contributed by atoms with E-state index in [1.807, 2.05) is 12.1 Å². The molecule has 1 aromatic carbocycles. The second kappa shape index (κ2) is 10.9. The van der Waals surface area contributed by atoms with Crippen LogP contribution in [0.25, 0.3) is 6.08 Å². The largest absolute Gasteiger partial charge is 0.207 e. The third-order valence-corrected chi connectivity index (χ3v) is 5.61. The minimum absolute atomic E-state index is 0.231. The van der Waals surface area contributed by atoms with Crippen molar-refractivity contribution in [3.05, 3.63) is 89.3 Å². The summed E-state index contributed by atoms with van der Waals surface area (Å²) in [5.41, 5.74) is 5.47. The minimum atomic E-state index is -0.231. The fourth-order valence-corrected chi connectivity index (χ4v) is 3.58. The van der Waals surface area contributed by atoms with Gasteiger partial charge in [0.15, 0.2) is 0 Å². The molecule has 0 N–H and O–H groups in total. The Kier molecular flexibility index (Phi) is 9.21. The number of halogens is 1. The number of rotatable bonds is 9. The first-order valence-electron chi connectivity index (χ1n) is 9.82. The van der Waals surface area contributed by atoms with Gasteiger partial charge >= 0.3 is 0 Å². The normalized spacial score (nSPS) is 16.3. The standard InChI is InChI=1S/C26H35F/c1-9-11-12-20(6)26(27)16-15-23-14-13-19(5)25(17-23)22(8)24(10-2)21(7)18(3)4/h9,11-17,21-22,24H,1,3,10H2,2,4-8H3/b12-11-,16-15+,26-20+. The zero-order valence-corrected chi connectivity index (χ0v) is 17.9. The molecule has 0 aliphatic carbocycles. The third-order valence-electron chi connectivity index (χ3n) is 5.61. The lowest BCUT2D eigenvalue weighted by molar-refractivity contribution is 0.336. The van der Waals surface area contributed by atoms with Crippen molar-refractivity contribution in [1.82, 2.24) is 0 Å². The van der Waals surface area contributed by atoms with Crippen LogP contribution < -0.4 is 0 Å². The predicted octanol–water partition coefficient (Wildman–Crippen LogP) is 8.34. The molecule has 1 aromatic rings. The van der Waals surface area contributed by atoms with Crippen LogP contribution in [0.5, 0.6) is 0 Å². The molecule has 146 valence electrons. The Morgan fingerprint density at radius 3 is 2.41 bits per heavy atom. The Bertz CT molecular complexity index is 745. The van der Waals surface area contributed by atoms with Gasteiger partial charge in [-0.05, 0) is 66.9 Å². The van der Waals surface area contributed by atoms with Crippen LogP contribution in [0.4, 0.5) is 4.39 Å². The maximum absolute atomic E-state index is 14.2. The van der Waals surface area contributed by atoms with Crippen LogP contribution in [0, 0.1) is 18.8 Å². The van der Waals surface area contributed by atoms with Crippen LogP contribution in [0.2, 0.25) is 0 Å². The van der Waals surface area contributed by atoms with Crippen molar-refractivity contribution in [2.24, 2.45) is 11.8 Å². The minimum Gasteiger partial charge on any atom is -0.207 e. The Balaban J connectivity index is 3.16. The zero-order chi connectivity index (χ0) is 20.6. The molecule has 0 saturated carbocycles. The van der Waals surface area contributed by atoms with Gasteiger partial charge in [-0.1, -0.05) is 88.4 Å².